The molecule has 1 saturated carbocycles. The molecule has 2 aromatic rings. The van der Waals surface area contributed by atoms with Crippen molar-refractivity contribution in [3.8, 4) is 0 Å². The summed E-state index contributed by atoms with van der Waals surface area (Å²) in [4.78, 5) is 27.0. The Kier molecular flexibility index (Phi) is 5.69. The van der Waals surface area contributed by atoms with Crippen LogP contribution in [0.2, 0.25) is 0 Å². The standard InChI is InChI=1S/C21H27N7O2/c1-27-18-12-17(15-9-10-15)26-28(18)11-5-8-16(21(27)30)24-20(29)19(22)25-23-13-14-6-3-2-4-7-14/h2-4,6-7,12,15-16,23H,5,8-11,13H2,1H3,(H2,22,25)(H,24,29). The van der Waals surface area contributed by atoms with Gasteiger partial charge in [-0.1, -0.05) is 30.3 Å². The number of rotatable bonds is 5. The summed E-state index contributed by atoms with van der Waals surface area (Å²) < 4.78 is 1.90. The number of nitrogens with two attached hydrogens (primary N) is 1. The SMILES string of the molecule is CN1C(=O)C(NC(=O)/C(N)=N/NCc2ccccc2)CCCn2nc(C3CC3)cc21. The van der Waals surface area contributed by atoms with Crippen LogP contribution in [0.15, 0.2) is 41.5 Å². The molecule has 2 heterocycles. The number of likely N-dealkylation sites (N-methyl/N-ethyl adjacent to an activating group) is 1. The largest absolute Gasteiger partial charge is 0.378 e. The molecule has 4 N–H and O–H groups in total. The normalized spacial score (nSPS) is 19.6. The summed E-state index contributed by atoms with van der Waals surface area (Å²) >= 11 is 0. The Balaban J connectivity index is 1.37. The molecule has 2 amide bonds. The highest BCUT2D eigenvalue weighted by atomic mass is 16.2. The first-order valence-electron chi connectivity index (χ1n) is 10.3. The average molecular weight is 409 g/mol. The zero-order valence-corrected chi connectivity index (χ0v) is 17.0. The van der Waals surface area contributed by atoms with E-state index in [-0.39, 0.29) is 11.7 Å². The van der Waals surface area contributed by atoms with Gasteiger partial charge in [-0.05, 0) is 31.2 Å². The minimum atomic E-state index is -0.654. The molecule has 1 aromatic heterocycles. The van der Waals surface area contributed by atoms with Crippen molar-refractivity contribution in [2.75, 3.05) is 11.9 Å². The molecule has 0 saturated heterocycles. The number of carbonyl (C=O) groups is 2. The summed E-state index contributed by atoms with van der Waals surface area (Å²) in [5.74, 6) is 0.340. The Morgan fingerprint density at radius 2 is 2.03 bits per heavy atom. The number of carbonyl (C=O) groups excluding carboxylic acids is 2. The fourth-order valence-corrected chi connectivity index (χ4v) is 3.58. The van der Waals surface area contributed by atoms with Gasteiger partial charge in [0.05, 0.1) is 12.2 Å². The van der Waals surface area contributed by atoms with E-state index in [0.29, 0.717) is 25.4 Å². The van der Waals surface area contributed by atoms with Gasteiger partial charge in [0.2, 0.25) is 11.7 Å². The number of amides is 2. The number of benzene rings is 1. The summed E-state index contributed by atoms with van der Waals surface area (Å²) in [6, 6.07) is 11.0. The first kappa shape index (κ1) is 19.9. The Morgan fingerprint density at radius 3 is 2.77 bits per heavy atom. The highest BCUT2D eigenvalue weighted by Crippen LogP contribution is 2.40. The van der Waals surface area contributed by atoms with E-state index in [1.54, 1.807) is 11.9 Å². The van der Waals surface area contributed by atoms with E-state index in [9.17, 15) is 9.59 Å². The van der Waals surface area contributed by atoms with Gasteiger partial charge >= 0.3 is 0 Å². The molecule has 158 valence electrons. The fourth-order valence-electron chi connectivity index (χ4n) is 3.58. The third-order valence-electron chi connectivity index (χ3n) is 5.47. The van der Waals surface area contributed by atoms with Crippen molar-refractivity contribution < 1.29 is 9.59 Å². The number of aromatic nitrogens is 2. The molecular weight excluding hydrogens is 382 g/mol. The van der Waals surface area contributed by atoms with Crippen LogP contribution in [0.3, 0.4) is 0 Å². The van der Waals surface area contributed by atoms with Crippen LogP contribution >= 0.6 is 0 Å². The Morgan fingerprint density at radius 1 is 1.27 bits per heavy atom. The number of fused-ring (bicyclic) bond motifs is 1. The van der Waals surface area contributed by atoms with Gasteiger partial charge in [-0.2, -0.15) is 10.2 Å². The third kappa shape index (κ3) is 4.45. The summed E-state index contributed by atoms with van der Waals surface area (Å²) in [7, 11) is 1.72. The smallest absolute Gasteiger partial charge is 0.288 e. The van der Waals surface area contributed by atoms with Crippen molar-refractivity contribution in [3.63, 3.8) is 0 Å². The fraction of sp³-hybridized carbons (Fsp3) is 0.429. The van der Waals surface area contributed by atoms with E-state index < -0.39 is 11.9 Å². The number of anilines is 1. The Bertz CT molecular complexity index is 950. The van der Waals surface area contributed by atoms with E-state index in [0.717, 1.165) is 36.3 Å². The summed E-state index contributed by atoms with van der Waals surface area (Å²) in [6.07, 6.45) is 3.55. The second-order valence-corrected chi connectivity index (χ2v) is 7.81. The van der Waals surface area contributed by atoms with Crippen LogP contribution in [0, 0.1) is 0 Å². The molecule has 9 heteroatoms. The van der Waals surface area contributed by atoms with Crippen molar-refractivity contribution >= 4 is 23.5 Å². The van der Waals surface area contributed by atoms with Gasteiger partial charge in [-0.25, -0.2) is 4.68 Å². The van der Waals surface area contributed by atoms with Crippen molar-refractivity contribution in [1.29, 1.82) is 0 Å². The van der Waals surface area contributed by atoms with Gasteiger partial charge in [0, 0.05) is 25.6 Å². The van der Waals surface area contributed by atoms with Crippen molar-refractivity contribution in [3.05, 3.63) is 47.7 Å². The maximum Gasteiger partial charge on any atom is 0.288 e. The van der Waals surface area contributed by atoms with E-state index >= 15 is 0 Å². The zero-order chi connectivity index (χ0) is 21.1. The lowest BCUT2D eigenvalue weighted by molar-refractivity contribution is -0.124. The molecule has 1 fully saturated rings. The Labute approximate surface area is 175 Å². The molecule has 0 spiro atoms. The molecule has 1 aromatic carbocycles. The molecule has 0 bridgehead atoms. The molecule has 1 unspecified atom stereocenters. The van der Waals surface area contributed by atoms with Gasteiger partial charge in [0.25, 0.3) is 5.91 Å². The minimum Gasteiger partial charge on any atom is -0.378 e. The van der Waals surface area contributed by atoms with Gasteiger partial charge in [0.1, 0.15) is 11.9 Å². The number of nitrogens with zero attached hydrogens (tertiary/aromatic N) is 4. The molecule has 30 heavy (non-hydrogen) atoms. The van der Waals surface area contributed by atoms with Crippen LogP contribution in [0.1, 0.15) is 42.9 Å². The van der Waals surface area contributed by atoms with Crippen LogP contribution in [-0.2, 0) is 22.7 Å². The monoisotopic (exact) mass is 409 g/mol. The first-order chi connectivity index (χ1) is 14.5. The number of aryl methyl sites for hydroxylation is 1. The number of amidine groups is 1. The summed E-state index contributed by atoms with van der Waals surface area (Å²) in [6.45, 7) is 1.15. The summed E-state index contributed by atoms with van der Waals surface area (Å²) in [5, 5.41) is 11.3. The highest BCUT2D eigenvalue weighted by molar-refractivity contribution is 6.37. The first-order valence-corrected chi connectivity index (χ1v) is 10.3. The second kappa shape index (κ2) is 8.56. The molecular formula is C21H27N7O2. The van der Waals surface area contributed by atoms with Crippen LogP contribution in [0.5, 0.6) is 0 Å². The quantitative estimate of drug-likeness (QED) is 0.388. The maximum atomic E-state index is 13.0. The van der Waals surface area contributed by atoms with Gasteiger partial charge in [-0.3, -0.25) is 14.5 Å². The van der Waals surface area contributed by atoms with E-state index in [1.807, 2.05) is 41.1 Å². The Hall–Kier alpha value is -3.36. The van der Waals surface area contributed by atoms with Crippen molar-refractivity contribution in [2.24, 2.45) is 10.8 Å². The molecule has 0 radical (unpaired) electrons. The number of hydrogen-bond acceptors (Lipinski definition) is 5. The van der Waals surface area contributed by atoms with Crippen LogP contribution in [-0.4, -0.2) is 40.5 Å². The highest BCUT2D eigenvalue weighted by Gasteiger charge is 2.32. The number of hydrogen-bond donors (Lipinski definition) is 3. The molecule has 4 rings (SSSR count). The second-order valence-electron chi connectivity index (χ2n) is 7.81. The van der Waals surface area contributed by atoms with E-state index in [1.165, 1.54) is 0 Å². The average Bonchev–Trinajstić information content (AvgIpc) is 3.52. The molecule has 1 aliphatic heterocycles. The van der Waals surface area contributed by atoms with Gasteiger partial charge in [-0.15, -0.1) is 0 Å². The van der Waals surface area contributed by atoms with Crippen LogP contribution in [0.25, 0.3) is 0 Å². The lowest BCUT2D eigenvalue weighted by Crippen LogP contribution is -2.52. The molecule has 1 atom stereocenters. The maximum absolute atomic E-state index is 13.0. The molecule has 1 aliphatic carbocycles. The van der Waals surface area contributed by atoms with Crippen molar-refractivity contribution in [2.45, 2.75) is 50.7 Å². The predicted molar refractivity (Wildman–Crippen MR) is 114 cm³/mol. The van der Waals surface area contributed by atoms with Gasteiger partial charge in [0.15, 0.2) is 0 Å². The molecule has 9 nitrogen and oxygen atoms in total. The third-order valence-corrected chi connectivity index (χ3v) is 5.47. The van der Waals surface area contributed by atoms with Crippen molar-refractivity contribution in [1.82, 2.24) is 20.5 Å². The molecule has 2 aliphatic rings. The number of nitrogens with one attached hydrogen (secondary N) is 2. The van der Waals surface area contributed by atoms with Crippen LogP contribution < -0.4 is 21.4 Å². The van der Waals surface area contributed by atoms with Crippen LogP contribution in [0.4, 0.5) is 5.82 Å². The predicted octanol–water partition coefficient (Wildman–Crippen LogP) is 1.06. The summed E-state index contributed by atoms with van der Waals surface area (Å²) in [5.41, 5.74) is 10.7. The van der Waals surface area contributed by atoms with E-state index in [2.05, 4.69) is 20.9 Å². The number of hydrazone groups is 1. The lowest BCUT2D eigenvalue weighted by atomic mass is 10.1. The van der Waals surface area contributed by atoms with Gasteiger partial charge < -0.3 is 16.5 Å². The van der Waals surface area contributed by atoms with E-state index in [4.69, 9.17) is 5.73 Å². The topological polar surface area (TPSA) is 118 Å². The zero-order valence-electron chi connectivity index (χ0n) is 17.0. The minimum absolute atomic E-state index is 0.184. The lowest BCUT2D eigenvalue weighted by Gasteiger charge is -2.27.